The molecule has 9 aromatic rings. The lowest BCUT2D eigenvalue weighted by Gasteiger charge is -2.29. The highest BCUT2D eigenvalue weighted by Gasteiger charge is 2.24. The van der Waals surface area contributed by atoms with Crippen molar-refractivity contribution in [2.45, 2.75) is 79.1 Å². The molecule has 0 spiro atoms. The summed E-state index contributed by atoms with van der Waals surface area (Å²) in [6, 6.07) is 70.6. The van der Waals surface area contributed by atoms with Gasteiger partial charge in [0.05, 0.1) is 11.4 Å². The van der Waals surface area contributed by atoms with E-state index in [1.807, 2.05) is 72.8 Å². The van der Waals surface area contributed by atoms with Crippen LogP contribution in [-0.4, -0.2) is 22.6 Å². The summed E-state index contributed by atoms with van der Waals surface area (Å²) in [7, 11) is 0. The summed E-state index contributed by atoms with van der Waals surface area (Å²) in [5, 5.41) is 23.3. The molecular weight excluding hydrogens is 905 g/mol. The van der Waals surface area contributed by atoms with Gasteiger partial charge in [0.25, 0.3) is 0 Å². The second-order valence-corrected chi connectivity index (χ2v) is 20.2. The highest BCUT2D eigenvalue weighted by Crippen LogP contribution is 2.46. The molecule has 6 nitrogen and oxygen atoms in total. The molecule has 2 N–H and O–H groups in total. The van der Waals surface area contributed by atoms with Gasteiger partial charge in [-0.2, -0.15) is 0 Å². The third-order valence-corrected chi connectivity index (χ3v) is 13.6. The summed E-state index contributed by atoms with van der Waals surface area (Å²) in [4.78, 5) is 14.3. The van der Waals surface area contributed by atoms with Crippen LogP contribution in [0.15, 0.2) is 216 Å². The van der Waals surface area contributed by atoms with Crippen molar-refractivity contribution < 1.29 is 10.2 Å². The molecule has 0 saturated heterocycles. The van der Waals surface area contributed by atoms with Crippen LogP contribution in [0.2, 0.25) is 0 Å². The Kier molecular flexibility index (Phi) is 15.4. The van der Waals surface area contributed by atoms with Gasteiger partial charge in [-0.25, -0.2) is 0 Å². The minimum absolute atomic E-state index is 0.140. The minimum Gasteiger partial charge on any atom is -0.507 e. The second kappa shape index (κ2) is 22.5. The van der Waals surface area contributed by atoms with Gasteiger partial charge < -0.3 is 20.0 Å². The molecule has 0 fully saturated rings. The second-order valence-electron chi connectivity index (χ2n) is 20.2. The zero-order valence-electron chi connectivity index (χ0n) is 43.8. The maximum Gasteiger partial charge on any atom is 0.124 e. The highest BCUT2D eigenvalue weighted by molar-refractivity contribution is 5.92. The number of benzene rings is 9. The van der Waals surface area contributed by atoms with E-state index < -0.39 is 0 Å². The Hall–Kier alpha value is -8.48. The monoisotopic (exact) mass is 971 g/mol. The van der Waals surface area contributed by atoms with E-state index in [-0.39, 0.29) is 35.2 Å². The first kappa shape index (κ1) is 50.5. The Balaban J connectivity index is 0.999. The SMILES string of the molecule is CC(C)c1cc(N(c2ccccc2)c2ccccc2)cc(C(C)C)c1-c1ccc(C=Nc2ccccc2N=Cc2ccc(-c3c(C(C)C)cc(N(c4ccccc4)c4ccccc4)cc3C(C)C)cc2O)c(O)c1. The fourth-order valence-electron chi connectivity index (χ4n) is 9.87. The van der Waals surface area contributed by atoms with Crippen molar-refractivity contribution in [3.8, 4) is 33.8 Å². The largest absolute Gasteiger partial charge is 0.507 e. The smallest absolute Gasteiger partial charge is 0.124 e. The van der Waals surface area contributed by atoms with Crippen LogP contribution in [0.4, 0.5) is 45.5 Å². The van der Waals surface area contributed by atoms with Gasteiger partial charge >= 0.3 is 0 Å². The lowest BCUT2D eigenvalue weighted by Crippen LogP contribution is -2.12. The van der Waals surface area contributed by atoms with Gasteiger partial charge in [-0.05, 0) is 177 Å². The third-order valence-electron chi connectivity index (χ3n) is 13.6. The predicted octanol–water partition coefficient (Wildman–Crippen LogP) is 19.4. The van der Waals surface area contributed by atoms with Crippen LogP contribution in [0, 0.1) is 0 Å². The average molecular weight is 971 g/mol. The molecule has 0 heterocycles. The van der Waals surface area contributed by atoms with Gasteiger partial charge in [0.1, 0.15) is 11.5 Å². The van der Waals surface area contributed by atoms with Crippen LogP contribution in [0.5, 0.6) is 11.5 Å². The van der Waals surface area contributed by atoms with Crippen molar-refractivity contribution in [2.75, 3.05) is 9.80 Å². The van der Waals surface area contributed by atoms with Crippen LogP contribution < -0.4 is 9.80 Å². The van der Waals surface area contributed by atoms with E-state index in [9.17, 15) is 10.2 Å². The Morgan fingerprint density at radius 1 is 0.324 bits per heavy atom. The topological polar surface area (TPSA) is 71.7 Å². The van der Waals surface area contributed by atoms with Crippen molar-refractivity contribution in [2.24, 2.45) is 9.98 Å². The summed E-state index contributed by atoms with van der Waals surface area (Å²) in [5.74, 6) is 1.12. The van der Waals surface area contributed by atoms with Crippen molar-refractivity contribution in [3.05, 3.63) is 240 Å². The Morgan fingerprint density at radius 2 is 0.595 bits per heavy atom. The number of hydrogen-bond acceptors (Lipinski definition) is 6. The van der Waals surface area contributed by atoms with Crippen molar-refractivity contribution in [1.82, 2.24) is 0 Å². The summed E-state index contributed by atoms with van der Waals surface area (Å²) >= 11 is 0. The molecule has 0 aromatic heterocycles. The van der Waals surface area contributed by atoms with Gasteiger partial charge in [0.2, 0.25) is 0 Å². The number of nitrogens with zero attached hydrogens (tertiary/aromatic N) is 4. The van der Waals surface area contributed by atoms with Crippen LogP contribution in [0.25, 0.3) is 22.3 Å². The number of phenols is 2. The average Bonchev–Trinajstić information content (AvgIpc) is 3.41. The van der Waals surface area contributed by atoms with Crippen molar-refractivity contribution in [1.29, 1.82) is 0 Å². The van der Waals surface area contributed by atoms with E-state index in [1.54, 1.807) is 12.4 Å². The fourth-order valence-corrected chi connectivity index (χ4v) is 9.87. The van der Waals surface area contributed by atoms with Crippen molar-refractivity contribution >= 4 is 57.9 Å². The van der Waals surface area contributed by atoms with Gasteiger partial charge in [0, 0.05) is 57.7 Å². The number of para-hydroxylation sites is 6. The van der Waals surface area contributed by atoms with E-state index >= 15 is 0 Å². The molecule has 0 radical (unpaired) electrons. The molecular formula is C68H66N4O2. The predicted molar refractivity (Wildman–Crippen MR) is 314 cm³/mol. The molecule has 0 atom stereocenters. The number of rotatable bonds is 16. The van der Waals surface area contributed by atoms with Crippen LogP contribution in [-0.2, 0) is 0 Å². The summed E-state index contributed by atoms with van der Waals surface area (Å²) in [6.45, 7) is 17.9. The van der Waals surface area contributed by atoms with Crippen molar-refractivity contribution in [3.63, 3.8) is 0 Å². The maximum atomic E-state index is 11.7. The molecule has 370 valence electrons. The van der Waals surface area contributed by atoms with E-state index in [0.29, 0.717) is 22.5 Å². The number of aliphatic imine (C=N–C) groups is 2. The Bertz CT molecular complexity index is 3050. The molecule has 0 aliphatic heterocycles. The fraction of sp³-hybridized carbons (Fsp3) is 0.176. The summed E-state index contributed by atoms with van der Waals surface area (Å²) < 4.78 is 0. The first-order chi connectivity index (χ1) is 35.9. The van der Waals surface area contributed by atoms with Gasteiger partial charge in [0.15, 0.2) is 0 Å². The third kappa shape index (κ3) is 11.0. The molecule has 0 aliphatic rings. The maximum absolute atomic E-state index is 11.7. The quantitative estimate of drug-likeness (QED) is 0.0947. The van der Waals surface area contributed by atoms with Gasteiger partial charge in [-0.15, -0.1) is 0 Å². The first-order valence-electron chi connectivity index (χ1n) is 25.9. The van der Waals surface area contributed by atoms with Gasteiger partial charge in [-0.3, -0.25) is 9.98 Å². The molecule has 9 aromatic carbocycles. The normalized spacial score (nSPS) is 11.7. The molecule has 0 aliphatic carbocycles. The lowest BCUT2D eigenvalue weighted by atomic mass is 9.84. The zero-order chi connectivity index (χ0) is 51.9. The van der Waals surface area contributed by atoms with Crippen LogP contribution >= 0.6 is 0 Å². The molecule has 0 bridgehead atoms. The van der Waals surface area contributed by atoms with E-state index in [2.05, 4.69) is 199 Å². The van der Waals surface area contributed by atoms with Gasteiger partial charge in [-0.1, -0.05) is 152 Å². The molecule has 9 rings (SSSR count). The molecule has 0 amide bonds. The minimum atomic E-state index is 0.140. The Morgan fingerprint density at radius 3 is 0.851 bits per heavy atom. The Labute approximate surface area is 438 Å². The molecule has 0 saturated carbocycles. The first-order valence-corrected chi connectivity index (χ1v) is 25.9. The molecule has 0 unspecified atom stereocenters. The number of anilines is 6. The van der Waals surface area contributed by atoms with E-state index in [1.165, 1.54) is 22.3 Å². The lowest BCUT2D eigenvalue weighted by molar-refractivity contribution is 0.474. The number of phenolic OH excluding ortho intramolecular Hbond substituents is 2. The zero-order valence-corrected chi connectivity index (χ0v) is 43.8. The van der Waals surface area contributed by atoms with E-state index in [4.69, 9.17) is 9.98 Å². The molecule has 6 heteroatoms. The summed E-state index contributed by atoms with van der Waals surface area (Å²) in [5.41, 5.74) is 18.0. The number of hydrogen-bond donors (Lipinski definition) is 2. The van der Waals surface area contributed by atoms with Crippen LogP contribution in [0.3, 0.4) is 0 Å². The summed E-state index contributed by atoms with van der Waals surface area (Å²) in [6.07, 6.45) is 3.38. The highest BCUT2D eigenvalue weighted by atomic mass is 16.3. The molecule has 74 heavy (non-hydrogen) atoms. The van der Waals surface area contributed by atoms with E-state index in [0.717, 1.165) is 56.4 Å². The number of aromatic hydroxyl groups is 2. The standard InChI is InChI=1S/C68H66N4O2/c1-45(2)59-39-57(71(53-23-13-9-14-24-53)54-25-15-10-16-26-54)40-60(46(3)4)67(59)49-33-35-51(65(73)37-49)43-69-63-31-21-22-32-64(63)70-44-52-36-34-50(38-66(52)74)68-61(47(5)6)41-58(42-62(68)48(7)8)72(55-27-17-11-18-28-55)56-29-19-12-20-30-56/h9-48,73-74H,1-8H3. The van der Waals surface area contributed by atoms with Crippen LogP contribution in [0.1, 0.15) is 112 Å².